The van der Waals surface area contributed by atoms with E-state index >= 15 is 0 Å². The van der Waals surface area contributed by atoms with Gasteiger partial charge in [0.15, 0.2) is 0 Å². The van der Waals surface area contributed by atoms with Gasteiger partial charge in [0.1, 0.15) is 11.5 Å². The van der Waals surface area contributed by atoms with Gasteiger partial charge in [0.25, 0.3) is 0 Å². The SMILES string of the molecule is O=C(O)c1cccc(-c2noc(C34CCC(C=Cc5c(-c6c(Cl)cccc6Cl)noc5C5CC5)(CC3)CC4)n2)c1. The molecule has 40 heavy (non-hydrogen) atoms. The van der Waals surface area contributed by atoms with Crippen molar-refractivity contribution in [2.75, 3.05) is 0 Å². The fraction of sp³-hybridized carbons (Fsp3) is 0.355. The molecule has 7 nitrogen and oxygen atoms in total. The molecule has 0 atom stereocenters. The van der Waals surface area contributed by atoms with Crippen molar-refractivity contribution < 1.29 is 18.9 Å². The zero-order valence-electron chi connectivity index (χ0n) is 21.7. The number of carboxylic acid groups (broad SMARTS) is 1. The van der Waals surface area contributed by atoms with E-state index in [0.717, 1.165) is 62.7 Å². The van der Waals surface area contributed by atoms with E-state index < -0.39 is 5.97 Å². The Morgan fingerprint density at radius 1 is 0.950 bits per heavy atom. The maximum atomic E-state index is 11.4. The Bertz CT molecular complexity index is 1610. The van der Waals surface area contributed by atoms with Crippen LogP contribution in [0.15, 0.2) is 57.6 Å². The minimum absolute atomic E-state index is 0.0834. The van der Waals surface area contributed by atoms with E-state index in [4.69, 9.17) is 37.2 Å². The molecule has 0 aliphatic heterocycles. The smallest absolute Gasteiger partial charge is 0.335 e. The van der Waals surface area contributed by atoms with Crippen molar-refractivity contribution in [1.82, 2.24) is 15.3 Å². The van der Waals surface area contributed by atoms with Crippen LogP contribution in [0.4, 0.5) is 0 Å². The number of aromatic nitrogens is 3. The molecule has 2 aromatic heterocycles. The van der Waals surface area contributed by atoms with Gasteiger partial charge in [-0.3, -0.25) is 0 Å². The van der Waals surface area contributed by atoms with Crippen molar-refractivity contribution in [3.05, 3.63) is 81.4 Å². The first-order valence-electron chi connectivity index (χ1n) is 13.7. The first kappa shape index (κ1) is 25.5. The second-order valence-corrected chi connectivity index (χ2v) is 12.3. The Morgan fingerprint density at radius 2 is 1.65 bits per heavy atom. The molecule has 2 bridgehead atoms. The third-order valence-electron chi connectivity index (χ3n) is 9.06. The lowest BCUT2D eigenvalue weighted by atomic mass is 9.53. The molecule has 8 rings (SSSR count). The Labute approximate surface area is 241 Å². The highest BCUT2D eigenvalue weighted by molar-refractivity contribution is 6.39. The van der Waals surface area contributed by atoms with Crippen LogP contribution in [-0.2, 0) is 5.41 Å². The molecule has 204 valence electrons. The van der Waals surface area contributed by atoms with Gasteiger partial charge in [0.05, 0.1) is 15.6 Å². The molecule has 2 aromatic carbocycles. The number of hydrogen-bond donors (Lipinski definition) is 1. The number of carbonyl (C=O) groups is 1. The lowest BCUT2D eigenvalue weighted by molar-refractivity contribution is 0.0569. The van der Waals surface area contributed by atoms with Crippen LogP contribution in [0.5, 0.6) is 0 Å². The highest BCUT2D eigenvalue weighted by Crippen LogP contribution is 2.58. The minimum atomic E-state index is -0.981. The van der Waals surface area contributed by atoms with Gasteiger partial charge in [0.2, 0.25) is 11.7 Å². The summed E-state index contributed by atoms with van der Waals surface area (Å²) in [5, 5.41) is 19.1. The molecule has 0 radical (unpaired) electrons. The van der Waals surface area contributed by atoms with Crippen LogP contribution >= 0.6 is 23.2 Å². The summed E-state index contributed by atoms with van der Waals surface area (Å²) >= 11 is 13.1. The maximum absolute atomic E-state index is 11.4. The van der Waals surface area contributed by atoms with E-state index in [-0.39, 0.29) is 16.4 Å². The average Bonchev–Trinajstić information content (AvgIpc) is 3.53. The summed E-state index contributed by atoms with van der Waals surface area (Å²) in [5.74, 6) is 1.43. The lowest BCUT2D eigenvalue weighted by Crippen LogP contribution is -2.43. The molecular formula is C31H27Cl2N3O4. The van der Waals surface area contributed by atoms with Crippen molar-refractivity contribution in [2.24, 2.45) is 5.41 Å². The molecule has 0 amide bonds. The zero-order valence-corrected chi connectivity index (χ0v) is 23.2. The van der Waals surface area contributed by atoms with Gasteiger partial charge in [-0.25, -0.2) is 4.79 Å². The number of carboxylic acids is 1. The van der Waals surface area contributed by atoms with Crippen molar-refractivity contribution in [3.8, 4) is 22.6 Å². The molecule has 1 N–H and O–H groups in total. The van der Waals surface area contributed by atoms with Crippen LogP contribution in [0.25, 0.3) is 28.7 Å². The molecule has 9 heteroatoms. The molecule has 2 heterocycles. The second kappa shape index (κ2) is 9.60. The van der Waals surface area contributed by atoms with Crippen LogP contribution in [0, 0.1) is 5.41 Å². The van der Waals surface area contributed by atoms with Crippen LogP contribution in [-0.4, -0.2) is 26.4 Å². The predicted molar refractivity (Wildman–Crippen MR) is 151 cm³/mol. The fourth-order valence-electron chi connectivity index (χ4n) is 6.41. The Morgan fingerprint density at radius 3 is 2.33 bits per heavy atom. The summed E-state index contributed by atoms with van der Waals surface area (Å²) < 4.78 is 11.6. The fourth-order valence-corrected chi connectivity index (χ4v) is 6.98. The van der Waals surface area contributed by atoms with Crippen molar-refractivity contribution in [3.63, 3.8) is 0 Å². The third kappa shape index (κ3) is 4.36. The molecule has 0 unspecified atom stereocenters. The van der Waals surface area contributed by atoms with Crippen LogP contribution < -0.4 is 0 Å². The molecule has 4 aliphatic rings. The predicted octanol–water partition coefficient (Wildman–Crippen LogP) is 8.58. The summed E-state index contributed by atoms with van der Waals surface area (Å²) in [6.45, 7) is 0. The zero-order chi connectivity index (χ0) is 27.5. The first-order chi connectivity index (χ1) is 19.4. The van der Waals surface area contributed by atoms with E-state index in [1.807, 2.05) is 18.2 Å². The molecule has 0 saturated heterocycles. The van der Waals surface area contributed by atoms with Crippen molar-refractivity contribution in [1.29, 1.82) is 0 Å². The number of allylic oxidation sites excluding steroid dienone is 1. The number of halogens is 2. The Kier molecular flexibility index (Phi) is 6.13. The standard InChI is InChI=1S/C31H27Cl2N3O4/c32-22-5-2-6-23(33)24(22)25-21(26(39-35-25)18-7-8-18)9-10-30-11-14-31(15-12-30,16-13-30)29-34-27(36-40-29)19-3-1-4-20(17-19)28(37)38/h1-6,9-10,17-18H,7-8,11-16H2,(H,37,38). The van der Waals surface area contributed by atoms with E-state index in [9.17, 15) is 9.90 Å². The van der Waals surface area contributed by atoms with E-state index in [1.54, 1.807) is 24.3 Å². The quantitative estimate of drug-likeness (QED) is 0.235. The van der Waals surface area contributed by atoms with Crippen molar-refractivity contribution >= 4 is 35.2 Å². The van der Waals surface area contributed by atoms with Gasteiger partial charge >= 0.3 is 5.97 Å². The first-order valence-corrected chi connectivity index (χ1v) is 14.4. The summed E-state index contributed by atoms with van der Waals surface area (Å²) in [5.41, 5.74) is 3.19. The highest BCUT2D eigenvalue weighted by atomic mass is 35.5. The molecule has 4 aliphatic carbocycles. The van der Waals surface area contributed by atoms with E-state index in [0.29, 0.717) is 44.5 Å². The summed E-state index contributed by atoms with van der Waals surface area (Å²) in [6, 6.07) is 12.1. The van der Waals surface area contributed by atoms with Gasteiger partial charge in [0, 0.05) is 28.0 Å². The normalized spacial score (nSPS) is 24.1. The summed E-state index contributed by atoms with van der Waals surface area (Å²) in [6.07, 6.45) is 12.7. The number of rotatable bonds is 7. The Hall–Kier alpha value is -3.42. The average molecular weight is 576 g/mol. The van der Waals surface area contributed by atoms with Gasteiger partial charge < -0.3 is 14.2 Å². The molecule has 4 saturated carbocycles. The van der Waals surface area contributed by atoms with Gasteiger partial charge in [-0.1, -0.05) is 63.9 Å². The van der Waals surface area contributed by atoms with E-state index in [1.165, 1.54) is 0 Å². The van der Waals surface area contributed by atoms with E-state index in [2.05, 4.69) is 22.5 Å². The summed E-state index contributed by atoms with van der Waals surface area (Å²) in [4.78, 5) is 16.1. The number of benzene rings is 2. The van der Waals surface area contributed by atoms with Gasteiger partial charge in [-0.05, 0) is 81.0 Å². The molecule has 0 spiro atoms. The number of hydrogen-bond acceptors (Lipinski definition) is 6. The van der Waals surface area contributed by atoms with Gasteiger partial charge in [-0.15, -0.1) is 0 Å². The van der Waals surface area contributed by atoms with Crippen molar-refractivity contribution in [2.45, 2.75) is 62.7 Å². The second-order valence-electron chi connectivity index (χ2n) is 11.5. The molecule has 4 fully saturated rings. The lowest BCUT2D eigenvalue weighted by Gasteiger charge is -2.50. The largest absolute Gasteiger partial charge is 0.478 e. The highest BCUT2D eigenvalue weighted by Gasteiger charge is 2.51. The van der Waals surface area contributed by atoms with Crippen LogP contribution in [0.1, 0.15) is 84.9 Å². The maximum Gasteiger partial charge on any atom is 0.335 e. The topological polar surface area (TPSA) is 102 Å². The van der Waals surface area contributed by atoms with Gasteiger partial charge in [-0.2, -0.15) is 4.98 Å². The number of nitrogens with zero attached hydrogens (tertiary/aromatic N) is 3. The number of aromatic carboxylic acids is 1. The third-order valence-corrected chi connectivity index (χ3v) is 9.69. The monoisotopic (exact) mass is 575 g/mol. The van der Waals surface area contributed by atoms with Crippen LogP contribution in [0.3, 0.4) is 0 Å². The Balaban J connectivity index is 1.13. The number of fused-ring (bicyclic) bond motifs is 3. The summed E-state index contributed by atoms with van der Waals surface area (Å²) in [7, 11) is 0. The molecule has 4 aromatic rings. The minimum Gasteiger partial charge on any atom is -0.478 e. The van der Waals surface area contributed by atoms with Crippen LogP contribution in [0.2, 0.25) is 10.0 Å². The molecular weight excluding hydrogens is 549 g/mol.